The maximum absolute atomic E-state index is 11.0. The van der Waals surface area contributed by atoms with Gasteiger partial charge in [-0.15, -0.1) is 0 Å². The van der Waals surface area contributed by atoms with Crippen LogP contribution in [-0.4, -0.2) is 24.3 Å². The van der Waals surface area contributed by atoms with Crippen LogP contribution >= 0.6 is 0 Å². The lowest BCUT2D eigenvalue weighted by molar-refractivity contribution is -0.111. The molecule has 0 aromatic heterocycles. The molecule has 3 heteroatoms. The summed E-state index contributed by atoms with van der Waals surface area (Å²) in [6, 6.07) is 0. The summed E-state index contributed by atoms with van der Waals surface area (Å²) < 4.78 is 5.51. The third kappa shape index (κ3) is 1.04. The highest BCUT2D eigenvalue weighted by Gasteiger charge is 2.66. The van der Waals surface area contributed by atoms with E-state index in [1.807, 2.05) is 12.2 Å². The number of carbonyl (C=O) groups is 2. The summed E-state index contributed by atoms with van der Waals surface area (Å²) in [5.41, 5.74) is 0.920. The van der Waals surface area contributed by atoms with Crippen LogP contribution in [0.1, 0.15) is 12.8 Å². The topological polar surface area (TPSA) is 46.7 Å². The van der Waals surface area contributed by atoms with Crippen LogP contribution in [0, 0.1) is 11.8 Å². The molecule has 2 aliphatic carbocycles. The molecule has 2 fully saturated rings. The van der Waals surface area contributed by atoms with Crippen molar-refractivity contribution >= 4 is 12.6 Å². The van der Waals surface area contributed by atoms with Crippen molar-refractivity contribution in [3.8, 4) is 0 Å². The first kappa shape index (κ1) is 9.04. The summed E-state index contributed by atoms with van der Waals surface area (Å²) in [5, 5.41) is 0. The minimum absolute atomic E-state index is 0.107. The lowest BCUT2D eigenvalue weighted by Crippen LogP contribution is -2.30. The minimum atomic E-state index is -0.343. The molecule has 0 amide bonds. The van der Waals surface area contributed by atoms with Gasteiger partial charge in [0.05, 0.1) is 0 Å². The van der Waals surface area contributed by atoms with Crippen molar-refractivity contribution in [2.24, 2.45) is 11.8 Å². The molecule has 0 N–H and O–H groups in total. The molecule has 4 atom stereocenters. The van der Waals surface area contributed by atoms with Crippen molar-refractivity contribution in [3.05, 3.63) is 23.8 Å². The van der Waals surface area contributed by atoms with E-state index in [2.05, 4.69) is 6.08 Å². The second-order valence-electron chi connectivity index (χ2n) is 4.45. The number of epoxide rings is 1. The summed E-state index contributed by atoms with van der Waals surface area (Å²) in [6.45, 7) is 0. The Morgan fingerprint density at radius 3 is 2.93 bits per heavy atom. The van der Waals surface area contributed by atoms with Crippen LogP contribution in [0.4, 0.5) is 0 Å². The first-order valence-electron chi connectivity index (χ1n) is 5.27. The zero-order chi connectivity index (χ0) is 10.5. The number of fused-ring (bicyclic) bond motifs is 2. The molecule has 3 aliphatic rings. The standard InChI is InChI=1S/C12H12O3/c13-6-9-3-1-2-8-4-5-12(11(8)9)10(7-14)15-12/h1-3,6-7,9-11H,4-5H2. The number of ether oxygens (including phenoxy) is 1. The van der Waals surface area contributed by atoms with Gasteiger partial charge in [0, 0.05) is 11.8 Å². The van der Waals surface area contributed by atoms with Crippen LogP contribution in [0.25, 0.3) is 0 Å². The summed E-state index contributed by atoms with van der Waals surface area (Å²) in [6.07, 6.45) is 9.25. The van der Waals surface area contributed by atoms with Crippen molar-refractivity contribution < 1.29 is 14.3 Å². The Balaban J connectivity index is 1.97. The van der Waals surface area contributed by atoms with Crippen LogP contribution in [0.2, 0.25) is 0 Å². The van der Waals surface area contributed by atoms with Gasteiger partial charge in [0.15, 0.2) is 6.29 Å². The van der Waals surface area contributed by atoms with Gasteiger partial charge in [0.1, 0.15) is 18.0 Å². The molecule has 1 saturated heterocycles. The van der Waals surface area contributed by atoms with E-state index in [4.69, 9.17) is 4.74 Å². The Hall–Kier alpha value is -1.22. The quantitative estimate of drug-likeness (QED) is 0.499. The highest BCUT2D eigenvalue weighted by Crippen LogP contribution is 2.58. The number of aldehydes is 2. The molecule has 3 nitrogen and oxygen atoms in total. The summed E-state index contributed by atoms with van der Waals surface area (Å²) in [7, 11) is 0. The van der Waals surface area contributed by atoms with Gasteiger partial charge >= 0.3 is 0 Å². The molecule has 1 spiro atoms. The fourth-order valence-electron chi connectivity index (χ4n) is 3.06. The minimum Gasteiger partial charge on any atom is -0.357 e. The maximum Gasteiger partial charge on any atom is 0.151 e. The molecular weight excluding hydrogens is 192 g/mol. The largest absolute Gasteiger partial charge is 0.357 e. The molecule has 1 heterocycles. The van der Waals surface area contributed by atoms with Crippen molar-refractivity contribution in [1.29, 1.82) is 0 Å². The normalized spacial score (nSPS) is 46.1. The van der Waals surface area contributed by atoms with E-state index in [-0.39, 0.29) is 23.5 Å². The molecule has 4 unspecified atom stereocenters. The fourth-order valence-corrected chi connectivity index (χ4v) is 3.06. The molecule has 0 aromatic carbocycles. The molecule has 0 aromatic rings. The Morgan fingerprint density at radius 2 is 2.27 bits per heavy atom. The average Bonchev–Trinajstić information content (AvgIpc) is 2.87. The molecule has 15 heavy (non-hydrogen) atoms. The number of allylic oxidation sites excluding steroid dienone is 3. The summed E-state index contributed by atoms with van der Waals surface area (Å²) >= 11 is 0. The van der Waals surface area contributed by atoms with Gasteiger partial charge in [-0.1, -0.05) is 23.8 Å². The third-order valence-corrected chi connectivity index (χ3v) is 3.81. The molecule has 78 valence electrons. The summed E-state index contributed by atoms with van der Waals surface area (Å²) in [5.74, 6) is -0.00681. The lowest BCUT2D eigenvalue weighted by atomic mass is 9.78. The van der Waals surface area contributed by atoms with E-state index in [0.29, 0.717) is 0 Å². The van der Waals surface area contributed by atoms with Crippen molar-refractivity contribution in [2.45, 2.75) is 24.5 Å². The number of hydrogen-bond acceptors (Lipinski definition) is 3. The third-order valence-electron chi connectivity index (χ3n) is 3.81. The van der Waals surface area contributed by atoms with Gasteiger partial charge < -0.3 is 14.3 Å². The fraction of sp³-hybridized carbons (Fsp3) is 0.500. The van der Waals surface area contributed by atoms with Gasteiger partial charge in [-0.2, -0.15) is 0 Å². The molecule has 0 radical (unpaired) electrons. The van der Waals surface area contributed by atoms with Crippen LogP contribution in [-0.2, 0) is 14.3 Å². The smallest absolute Gasteiger partial charge is 0.151 e. The van der Waals surface area contributed by atoms with E-state index < -0.39 is 0 Å². The van der Waals surface area contributed by atoms with E-state index in [1.165, 1.54) is 5.57 Å². The zero-order valence-electron chi connectivity index (χ0n) is 8.26. The highest BCUT2D eigenvalue weighted by molar-refractivity contribution is 5.67. The van der Waals surface area contributed by atoms with Gasteiger partial charge in [0.2, 0.25) is 0 Å². The van der Waals surface area contributed by atoms with Crippen molar-refractivity contribution in [1.82, 2.24) is 0 Å². The van der Waals surface area contributed by atoms with E-state index in [0.717, 1.165) is 25.4 Å². The number of rotatable bonds is 2. The number of hydrogen-bond donors (Lipinski definition) is 0. The Labute approximate surface area is 87.8 Å². The summed E-state index contributed by atoms with van der Waals surface area (Å²) in [4.78, 5) is 21.7. The Morgan fingerprint density at radius 1 is 1.40 bits per heavy atom. The molecule has 1 saturated carbocycles. The van der Waals surface area contributed by atoms with Crippen LogP contribution in [0.15, 0.2) is 23.8 Å². The predicted molar refractivity (Wildman–Crippen MR) is 53.2 cm³/mol. The zero-order valence-corrected chi connectivity index (χ0v) is 8.26. The molecule has 0 bridgehead atoms. The van der Waals surface area contributed by atoms with Crippen LogP contribution in [0.3, 0.4) is 0 Å². The SMILES string of the molecule is O=CC1C=CC=C2CCC3(OC3C=O)C21. The molecular formula is C12H12O3. The second kappa shape index (κ2) is 2.89. The van der Waals surface area contributed by atoms with Crippen molar-refractivity contribution in [2.75, 3.05) is 0 Å². The first-order valence-corrected chi connectivity index (χ1v) is 5.27. The molecule has 3 rings (SSSR count). The van der Waals surface area contributed by atoms with E-state index in [9.17, 15) is 9.59 Å². The first-order chi connectivity index (χ1) is 7.31. The second-order valence-corrected chi connectivity index (χ2v) is 4.45. The van der Waals surface area contributed by atoms with Gasteiger partial charge in [-0.25, -0.2) is 0 Å². The van der Waals surface area contributed by atoms with Crippen LogP contribution < -0.4 is 0 Å². The predicted octanol–water partition coefficient (Wildman–Crippen LogP) is 1.04. The van der Waals surface area contributed by atoms with Gasteiger partial charge in [-0.3, -0.25) is 0 Å². The van der Waals surface area contributed by atoms with E-state index >= 15 is 0 Å². The van der Waals surface area contributed by atoms with Gasteiger partial charge in [0.25, 0.3) is 0 Å². The van der Waals surface area contributed by atoms with E-state index in [1.54, 1.807) is 0 Å². The lowest BCUT2D eigenvalue weighted by Gasteiger charge is -2.23. The van der Waals surface area contributed by atoms with Crippen molar-refractivity contribution in [3.63, 3.8) is 0 Å². The van der Waals surface area contributed by atoms with Crippen LogP contribution in [0.5, 0.6) is 0 Å². The Kier molecular flexibility index (Phi) is 1.74. The Bertz CT molecular complexity index is 382. The maximum atomic E-state index is 11.0. The number of carbonyl (C=O) groups excluding carboxylic acids is 2. The van der Waals surface area contributed by atoms with Gasteiger partial charge in [-0.05, 0) is 12.8 Å². The molecule has 1 aliphatic heterocycles. The monoisotopic (exact) mass is 204 g/mol. The average molecular weight is 204 g/mol. The highest BCUT2D eigenvalue weighted by atomic mass is 16.6.